The molecule has 3 aromatic rings. The molecule has 0 aliphatic carbocycles. The number of nitrogens with zero attached hydrogens (tertiary/aromatic N) is 2. The molecule has 2 aromatic carbocycles. The summed E-state index contributed by atoms with van der Waals surface area (Å²) in [6, 6.07) is 15.0. The van der Waals surface area contributed by atoms with Crippen molar-refractivity contribution in [3.63, 3.8) is 0 Å². The first kappa shape index (κ1) is 13.8. The van der Waals surface area contributed by atoms with E-state index in [-0.39, 0.29) is 12.2 Å². The Bertz CT molecular complexity index is 807. The van der Waals surface area contributed by atoms with Gasteiger partial charge in [-0.05, 0) is 25.1 Å². The van der Waals surface area contributed by atoms with Gasteiger partial charge in [0.1, 0.15) is 0 Å². The molecule has 21 heavy (non-hydrogen) atoms. The number of fused-ring (bicyclic) bond motifs is 1. The normalized spacial score (nSPS) is 11.0. The summed E-state index contributed by atoms with van der Waals surface area (Å²) < 4.78 is 1.93. The number of hydrogen-bond donors (Lipinski definition) is 0. The van der Waals surface area contributed by atoms with E-state index < -0.39 is 0 Å². The van der Waals surface area contributed by atoms with Crippen molar-refractivity contribution < 1.29 is 4.79 Å². The topological polar surface area (TPSA) is 34.9 Å². The highest BCUT2D eigenvalue weighted by Crippen LogP contribution is 2.20. The van der Waals surface area contributed by atoms with E-state index in [4.69, 9.17) is 11.6 Å². The fraction of sp³-hybridized carbons (Fsp3) is 0.176. The number of rotatable bonds is 4. The zero-order chi connectivity index (χ0) is 14.8. The summed E-state index contributed by atoms with van der Waals surface area (Å²) in [7, 11) is 0. The second kappa shape index (κ2) is 5.70. The average molecular weight is 299 g/mol. The molecule has 0 unspecified atom stereocenters. The molecule has 3 nitrogen and oxygen atoms in total. The van der Waals surface area contributed by atoms with Crippen LogP contribution in [0.4, 0.5) is 0 Å². The average Bonchev–Trinajstić information content (AvgIpc) is 2.85. The number of para-hydroxylation sites is 1. The highest BCUT2D eigenvalue weighted by atomic mass is 35.5. The number of halogens is 1. The van der Waals surface area contributed by atoms with E-state index in [1.54, 1.807) is 24.3 Å². The number of aromatic nitrogens is 2. The van der Waals surface area contributed by atoms with Gasteiger partial charge in [-0.15, -0.1) is 0 Å². The fourth-order valence-corrected chi connectivity index (χ4v) is 2.67. The van der Waals surface area contributed by atoms with Crippen molar-refractivity contribution in [1.82, 2.24) is 9.78 Å². The molecule has 0 spiro atoms. The highest BCUT2D eigenvalue weighted by Gasteiger charge is 2.14. The van der Waals surface area contributed by atoms with Crippen LogP contribution in [0.3, 0.4) is 0 Å². The number of aryl methyl sites for hydroxylation is 1. The fourth-order valence-electron chi connectivity index (χ4n) is 2.48. The van der Waals surface area contributed by atoms with Crippen molar-refractivity contribution in [1.29, 1.82) is 0 Å². The Morgan fingerprint density at radius 3 is 2.76 bits per heavy atom. The van der Waals surface area contributed by atoms with Gasteiger partial charge in [-0.3, -0.25) is 9.48 Å². The zero-order valence-corrected chi connectivity index (χ0v) is 12.5. The Kier molecular flexibility index (Phi) is 3.76. The lowest BCUT2D eigenvalue weighted by Gasteiger charge is -2.00. The van der Waals surface area contributed by atoms with Crippen LogP contribution in [0.25, 0.3) is 10.9 Å². The van der Waals surface area contributed by atoms with Crippen LogP contribution in [0.5, 0.6) is 0 Å². The lowest BCUT2D eigenvalue weighted by atomic mass is 10.0. The Morgan fingerprint density at radius 1 is 1.19 bits per heavy atom. The van der Waals surface area contributed by atoms with Gasteiger partial charge < -0.3 is 0 Å². The predicted molar refractivity (Wildman–Crippen MR) is 84.9 cm³/mol. The van der Waals surface area contributed by atoms with Gasteiger partial charge in [0.15, 0.2) is 5.78 Å². The number of carbonyl (C=O) groups is 1. The van der Waals surface area contributed by atoms with Gasteiger partial charge in [0.25, 0.3) is 0 Å². The van der Waals surface area contributed by atoms with E-state index in [0.717, 1.165) is 23.1 Å². The molecule has 0 saturated carbocycles. The Labute approximate surface area is 128 Å². The summed E-state index contributed by atoms with van der Waals surface area (Å²) in [5.41, 5.74) is 2.50. The first-order chi connectivity index (χ1) is 10.2. The number of ketones is 1. The lowest BCUT2D eigenvalue weighted by Crippen LogP contribution is -2.05. The SMILES string of the molecule is CCn1nc(CC(=O)c2cccc(Cl)c2)c2ccccc21. The summed E-state index contributed by atoms with van der Waals surface area (Å²) in [5, 5.41) is 6.17. The van der Waals surface area contributed by atoms with Crippen molar-refractivity contribution >= 4 is 28.3 Å². The number of carbonyl (C=O) groups excluding carboxylic acids is 1. The van der Waals surface area contributed by atoms with Crippen LogP contribution in [-0.4, -0.2) is 15.6 Å². The second-order valence-electron chi connectivity index (χ2n) is 4.89. The third-order valence-electron chi connectivity index (χ3n) is 3.51. The van der Waals surface area contributed by atoms with Crippen molar-refractivity contribution in [2.45, 2.75) is 19.9 Å². The quantitative estimate of drug-likeness (QED) is 0.679. The maximum atomic E-state index is 12.4. The van der Waals surface area contributed by atoms with Gasteiger partial charge in [-0.1, -0.05) is 41.9 Å². The van der Waals surface area contributed by atoms with E-state index in [9.17, 15) is 4.79 Å². The third kappa shape index (κ3) is 2.69. The molecular weight excluding hydrogens is 284 g/mol. The van der Waals surface area contributed by atoms with Crippen LogP contribution in [-0.2, 0) is 13.0 Å². The first-order valence-electron chi connectivity index (χ1n) is 6.92. The summed E-state index contributed by atoms with van der Waals surface area (Å²) in [5.74, 6) is 0.0315. The summed E-state index contributed by atoms with van der Waals surface area (Å²) in [6.07, 6.45) is 0.286. The van der Waals surface area contributed by atoms with Crippen molar-refractivity contribution in [3.05, 3.63) is 64.8 Å². The number of Topliss-reactive ketones (excluding diaryl/α,β-unsaturated/α-hetero) is 1. The molecule has 0 bridgehead atoms. The maximum Gasteiger partial charge on any atom is 0.168 e. The van der Waals surface area contributed by atoms with Crippen LogP contribution in [0.2, 0.25) is 5.02 Å². The molecule has 0 aliphatic rings. The second-order valence-corrected chi connectivity index (χ2v) is 5.33. The number of benzene rings is 2. The maximum absolute atomic E-state index is 12.4. The number of hydrogen-bond acceptors (Lipinski definition) is 2. The molecule has 0 amide bonds. The zero-order valence-electron chi connectivity index (χ0n) is 11.7. The van der Waals surface area contributed by atoms with E-state index in [0.29, 0.717) is 10.6 Å². The molecule has 0 N–H and O–H groups in total. The molecule has 106 valence electrons. The predicted octanol–water partition coefficient (Wildman–Crippen LogP) is 4.14. The third-order valence-corrected chi connectivity index (χ3v) is 3.74. The molecule has 0 aliphatic heterocycles. The molecular formula is C17H15ClN2O. The van der Waals surface area contributed by atoms with Gasteiger partial charge in [0.05, 0.1) is 17.6 Å². The minimum Gasteiger partial charge on any atom is -0.294 e. The summed E-state index contributed by atoms with van der Waals surface area (Å²) in [6.45, 7) is 2.83. The molecule has 1 aromatic heterocycles. The summed E-state index contributed by atoms with van der Waals surface area (Å²) in [4.78, 5) is 12.4. The molecule has 4 heteroatoms. The Balaban J connectivity index is 1.97. The van der Waals surface area contributed by atoms with Gasteiger partial charge in [-0.2, -0.15) is 5.10 Å². The van der Waals surface area contributed by atoms with E-state index in [1.807, 2.05) is 35.9 Å². The van der Waals surface area contributed by atoms with E-state index in [1.165, 1.54) is 0 Å². The minimum absolute atomic E-state index is 0.0315. The standard InChI is InChI=1S/C17H15ClN2O/c1-2-20-16-9-4-3-8-14(16)15(19-20)11-17(21)12-6-5-7-13(18)10-12/h3-10H,2,11H2,1H3. The Morgan fingerprint density at radius 2 is 2.00 bits per heavy atom. The smallest absolute Gasteiger partial charge is 0.168 e. The van der Waals surface area contributed by atoms with Gasteiger partial charge in [0, 0.05) is 22.5 Å². The van der Waals surface area contributed by atoms with Gasteiger partial charge >= 0.3 is 0 Å². The highest BCUT2D eigenvalue weighted by molar-refractivity contribution is 6.31. The lowest BCUT2D eigenvalue weighted by molar-refractivity contribution is 0.0992. The molecule has 3 rings (SSSR count). The molecule has 1 heterocycles. The molecule has 0 radical (unpaired) electrons. The van der Waals surface area contributed by atoms with Crippen LogP contribution < -0.4 is 0 Å². The van der Waals surface area contributed by atoms with Crippen LogP contribution in [0.1, 0.15) is 23.0 Å². The monoisotopic (exact) mass is 298 g/mol. The van der Waals surface area contributed by atoms with Crippen LogP contribution in [0.15, 0.2) is 48.5 Å². The largest absolute Gasteiger partial charge is 0.294 e. The summed E-state index contributed by atoms with van der Waals surface area (Å²) >= 11 is 5.94. The van der Waals surface area contributed by atoms with Gasteiger partial charge in [0.2, 0.25) is 0 Å². The van der Waals surface area contributed by atoms with Crippen LogP contribution >= 0.6 is 11.6 Å². The van der Waals surface area contributed by atoms with Crippen molar-refractivity contribution in [3.8, 4) is 0 Å². The molecule has 0 saturated heterocycles. The van der Waals surface area contributed by atoms with Crippen molar-refractivity contribution in [2.24, 2.45) is 0 Å². The van der Waals surface area contributed by atoms with Gasteiger partial charge in [-0.25, -0.2) is 0 Å². The molecule has 0 fully saturated rings. The van der Waals surface area contributed by atoms with E-state index >= 15 is 0 Å². The minimum atomic E-state index is 0.0315. The Hall–Kier alpha value is -2.13. The van der Waals surface area contributed by atoms with Crippen LogP contribution in [0, 0.1) is 0 Å². The first-order valence-corrected chi connectivity index (χ1v) is 7.30. The molecule has 0 atom stereocenters. The van der Waals surface area contributed by atoms with E-state index in [2.05, 4.69) is 5.10 Å². The van der Waals surface area contributed by atoms with Crippen molar-refractivity contribution in [2.75, 3.05) is 0 Å².